The maximum absolute atomic E-state index is 5.83. The summed E-state index contributed by atoms with van der Waals surface area (Å²) in [7, 11) is 0. The molecule has 0 aliphatic rings. The summed E-state index contributed by atoms with van der Waals surface area (Å²) in [5.41, 5.74) is 0.856. The van der Waals surface area contributed by atoms with Gasteiger partial charge in [0.2, 0.25) is 0 Å². The van der Waals surface area contributed by atoms with Crippen molar-refractivity contribution in [1.29, 1.82) is 0 Å². The van der Waals surface area contributed by atoms with Crippen molar-refractivity contribution in [3.63, 3.8) is 0 Å². The second-order valence-corrected chi connectivity index (χ2v) is 5.16. The van der Waals surface area contributed by atoms with Gasteiger partial charge in [-0.3, -0.25) is 0 Å². The molecule has 3 aromatic rings. The Labute approximate surface area is 133 Å². The summed E-state index contributed by atoms with van der Waals surface area (Å²) in [6.45, 7) is 4.01. The van der Waals surface area contributed by atoms with E-state index in [4.69, 9.17) is 9.26 Å². The second-order valence-electron chi connectivity index (χ2n) is 5.16. The molecule has 2 aromatic heterocycles. The van der Waals surface area contributed by atoms with E-state index in [1.165, 1.54) is 6.33 Å². The first-order valence-electron chi connectivity index (χ1n) is 7.59. The number of benzene rings is 1. The molecule has 120 valence electrons. The smallest absolute Gasteiger partial charge is 0.267 e. The molecular formula is C15H18N6O2. The molecule has 0 saturated carbocycles. The number of ether oxygens (including phenoxy) is 1. The van der Waals surface area contributed by atoms with Crippen LogP contribution in [0.15, 0.2) is 35.1 Å². The van der Waals surface area contributed by atoms with Crippen LogP contribution in [0.1, 0.15) is 44.5 Å². The molecule has 0 radical (unpaired) electrons. The van der Waals surface area contributed by atoms with Gasteiger partial charge in [0, 0.05) is 6.42 Å². The van der Waals surface area contributed by atoms with Gasteiger partial charge in [-0.2, -0.15) is 4.98 Å². The first-order valence-corrected chi connectivity index (χ1v) is 7.59. The maximum Gasteiger partial charge on any atom is 0.267 e. The lowest BCUT2D eigenvalue weighted by atomic mass is 10.2. The first kappa shape index (κ1) is 15.1. The predicted molar refractivity (Wildman–Crippen MR) is 81.1 cm³/mol. The topological polar surface area (TPSA) is 91.8 Å². The van der Waals surface area contributed by atoms with Gasteiger partial charge in [0.15, 0.2) is 11.9 Å². The first-order chi connectivity index (χ1) is 11.3. The second kappa shape index (κ2) is 6.99. The molecule has 0 saturated heterocycles. The Bertz CT molecular complexity index is 723. The summed E-state index contributed by atoms with van der Waals surface area (Å²) in [6, 6.07) is 7.45. The highest BCUT2D eigenvalue weighted by molar-refractivity contribution is 5.36. The number of unbranched alkanes of at least 4 members (excludes halogenated alkanes) is 1. The van der Waals surface area contributed by atoms with Crippen LogP contribution in [0.5, 0.6) is 5.75 Å². The van der Waals surface area contributed by atoms with Crippen molar-refractivity contribution in [3.8, 4) is 11.4 Å². The van der Waals surface area contributed by atoms with Crippen molar-refractivity contribution in [2.45, 2.75) is 39.2 Å². The third-order valence-electron chi connectivity index (χ3n) is 3.35. The van der Waals surface area contributed by atoms with Gasteiger partial charge in [-0.25, -0.2) is 4.68 Å². The van der Waals surface area contributed by atoms with E-state index in [9.17, 15) is 0 Å². The van der Waals surface area contributed by atoms with Gasteiger partial charge in [-0.05, 0) is 48.0 Å². The molecule has 3 rings (SSSR count). The molecule has 8 nitrogen and oxygen atoms in total. The quantitative estimate of drug-likeness (QED) is 0.661. The van der Waals surface area contributed by atoms with E-state index in [-0.39, 0.29) is 6.10 Å². The van der Waals surface area contributed by atoms with Crippen LogP contribution < -0.4 is 4.74 Å². The van der Waals surface area contributed by atoms with E-state index in [2.05, 4.69) is 32.6 Å². The Balaban J connectivity index is 1.63. The number of aromatic nitrogens is 6. The largest absolute Gasteiger partial charge is 0.481 e. The highest BCUT2D eigenvalue weighted by Crippen LogP contribution is 2.22. The third-order valence-corrected chi connectivity index (χ3v) is 3.35. The van der Waals surface area contributed by atoms with E-state index >= 15 is 0 Å². The zero-order chi connectivity index (χ0) is 16.1. The Morgan fingerprint density at radius 2 is 2.09 bits per heavy atom. The minimum absolute atomic E-state index is 0.309. The summed E-state index contributed by atoms with van der Waals surface area (Å²) in [6.07, 6.45) is 4.20. The number of tetrazole rings is 1. The van der Waals surface area contributed by atoms with Gasteiger partial charge in [-0.15, -0.1) is 5.10 Å². The number of aryl methyl sites for hydroxylation is 1. The van der Waals surface area contributed by atoms with Crippen LogP contribution in [-0.4, -0.2) is 30.3 Å². The van der Waals surface area contributed by atoms with Gasteiger partial charge in [0.1, 0.15) is 12.1 Å². The van der Waals surface area contributed by atoms with E-state index in [0.29, 0.717) is 11.6 Å². The summed E-state index contributed by atoms with van der Waals surface area (Å²) in [5.74, 6) is 1.93. The summed E-state index contributed by atoms with van der Waals surface area (Å²) in [5, 5.41) is 15.0. The van der Waals surface area contributed by atoms with Crippen molar-refractivity contribution < 1.29 is 9.26 Å². The van der Waals surface area contributed by atoms with E-state index in [1.807, 2.05) is 31.2 Å². The fourth-order valence-corrected chi connectivity index (χ4v) is 2.08. The minimum Gasteiger partial charge on any atom is -0.481 e. The van der Waals surface area contributed by atoms with E-state index in [1.54, 1.807) is 4.68 Å². The number of hydrogen-bond donors (Lipinski definition) is 0. The minimum atomic E-state index is -0.309. The molecule has 0 amide bonds. The average molecular weight is 314 g/mol. The average Bonchev–Trinajstić information content (AvgIpc) is 3.25. The Hall–Kier alpha value is -2.77. The SMILES string of the molecule is CCCCc1noc([C@@H](C)Oc2ccc(-n3cnnn3)cc2)n1. The monoisotopic (exact) mass is 314 g/mol. The molecule has 0 N–H and O–H groups in total. The highest BCUT2D eigenvalue weighted by Gasteiger charge is 2.15. The molecule has 23 heavy (non-hydrogen) atoms. The molecule has 0 spiro atoms. The Morgan fingerprint density at radius 1 is 1.26 bits per heavy atom. The van der Waals surface area contributed by atoms with Crippen LogP contribution in [-0.2, 0) is 6.42 Å². The molecule has 8 heteroatoms. The maximum atomic E-state index is 5.83. The Kier molecular flexibility index (Phi) is 4.60. The van der Waals surface area contributed by atoms with Gasteiger partial charge in [0.25, 0.3) is 5.89 Å². The normalized spacial score (nSPS) is 12.3. The van der Waals surface area contributed by atoms with Crippen LogP contribution in [0.25, 0.3) is 5.69 Å². The van der Waals surface area contributed by atoms with Crippen LogP contribution >= 0.6 is 0 Å². The van der Waals surface area contributed by atoms with Crippen LogP contribution in [0.2, 0.25) is 0 Å². The molecule has 2 heterocycles. The molecule has 1 aromatic carbocycles. The van der Waals surface area contributed by atoms with Crippen molar-refractivity contribution in [2.75, 3.05) is 0 Å². The number of nitrogens with zero attached hydrogens (tertiary/aromatic N) is 6. The van der Waals surface area contributed by atoms with Crippen molar-refractivity contribution in [2.24, 2.45) is 0 Å². The molecular weight excluding hydrogens is 296 g/mol. The lowest BCUT2D eigenvalue weighted by Crippen LogP contribution is -2.04. The fraction of sp³-hybridized carbons (Fsp3) is 0.400. The lowest BCUT2D eigenvalue weighted by molar-refractivity contribution is 0.175. The zero-order valence-corrected chi connectivity index (χ0v) is 13.1. The van der Waals surface area contributed by atoms with Crippen molar-refractivity contribution in [1.82, 2.24) is 30.3 Å². The van der Waals surface area contributed by atoms with Gasteiger partial charge in [-0.1, -0.05) is 18.5 Å². The van der Waals surface area contributed by atoms with Crippen LogP contribution in [0.4, 0.5) is 0 Å². The predicted octanol–water partition coefficient (Wildman–Crippen LogP) is 2.53. The van der Waals surface area contributed by atoms with Gasteiger partial charge in [0.05, 0.1) is 5.69 Å². The van der Waals surface area contributed by atoms with Crippen LogP contribution in [0.3, 0.4) is 0 Å². The molecule has 0 aliphatic heterocycles. The Morgan fingerprint density at radius 3 is 2.78 bits per heavy atom. The molecule has 0 aliphatic carbocycles. The van der Waals surface area contributed by atoms with E-state index in [0.717, 1.165) is 30.8 Å². The van der Waals surface area contributed by atoms with Crippen molar-refractivity contribution >= 4 is 0 Å². The lowest BCUT2D eigenvalue weighted by Gasteiger charge is -2.11. The van der Waals surface area contributed by atoms with Crippen LogP contribution in [0, 0.1) is 0 Å². The van der Waals surface area contributed by atoms with E-state index < -0.39 is 0 Å². The van der Waals surface area contributed by atoms with Crippen molar-refractivity contribution in [3.05, 3.63) is 42.3 Å². The van der Waals surface area contributed by atoms with Gasteiger partial charge < -0.3 is 9.26 Å². The van der Waals surface area contributed by atoms with Gasteiger partial charge >= 0.3 is 0 Å². The fourth-order valence-electron chi connectivity index (χ4n) is 2.08. The zero-order valence-electron chi connectivity index (χ0n) is 13.1. The summed E-state index contributed by atoms with van der Waals surface area (Å²) >= 11 is 0. The number of rotatable bonds is 7. The summed E-state index contributed by atoms with van der Waals surface area (Å²) < 4.78 is 12.7. The molecule has 0 fully saturated rings. The third kappa shape index (κ3) is 3.71. The molecule has 0 unspecified atom stereocenters. The molecule has 0 bridgehead atoms. The molecule has 1 atom stereocenters. The highest BCUT2D eigenvalue weighted by atomic mass is 16.5. The summed E-state index contributed by atoms with van der Waals surface area (Å²) in [4.78, 5) is 4.37. The standard InChI is InChI=1S/C15H18N6O2/c1-3-4-5-14-17-15(23-18-14)11(2)22-13-8-6-12(7-9-13)21-10-16-19-20-21/h6-11H,3-5H2,1-2H3/t11-/m1/s1. The number of hydrogen-bond acceptors (Lipinski definition) is 7.